The van der Waals surface area contributed by atoms with E-state index in [-0.39, 0.29) is 18.6 Å². The average Bonchev–Trinajstić information content (AvgIpc) is 2.53. The topological polar surface area (TPSA) is 38.3 Å². The third-order valence-corrected chi connectivity index (χ3v) is 3.57. The maximum absolute atomic E-state index is 11.9. The molecular formula is C19H23NO2. The molecule has 1 N–H and O–H groups in total. The monoisotopic (exact) mass is 297 g/mol. The van der Waals surface area contributed by atoms with E-state index in [0.29, 0.717) is 0 Å². The number of benzene rings is 2. The Kier molecular flexibility index (Phi) is 6.01. The number of para-hydroxylation sites is 1. The Morgan fingerprint density at radius 1 is 1.09 bits per heavy atom. The molecule has 0 unspecified atom stereocenters. The zero-order valence-corrected chi connectivity index (χ0v) is 13.2. The summed E-state index contributed by atoms with van der Waals surface area (Å²) in [5, 5.41) is 2.98. The van der Waals surface area contributed by atoms with E-state index in [1.165, 1.54) is 5.56 Å². The van der Waals surface area contributed by atoms with E-state index in [9.17, 15) is 4.79 Å². The molecule has 3 heteroatoms. The minimum atomic E-state index is -0.0798. The summed E-state index contributed by atoms with van der Waals surface area (Å²) in [6.45, 7) is 4.05. The van der Waals surface area contributed by atoms with Crippen LogP contribution in [0.3, 0.4) is 0 Å². The molecule has 0 aliphatic heterocycles. The van der Waals surface area contributed by atoms with Gasteiger partial charge in [0.15, 0.2) is 6.61 Å². The smallest absolute Gasteiger partial charge is 0.258 e. The number of ether oxygens (including phenoxy) is 1. The lowest BCUT2D eigenvalue weighted by Crippen LogP contribution is -2.36. The Balaban J connectivity index is 1.71. The molecule has 0 aromatic heterocycles. The first-order valence-electron chi connectivity index (χ1n) is 7.67. The lowest BCUT2D eigenvalue weighted by atomic mass is 10.1. The van der Waals surface area contributed by atoms with Crippen molar-refractivity contribution in [2.75, 3.05) is 6.61 Å². The highest BCUT2D eigenvalue weighted by molar-refractivity contribution is 5.77. The highest BCUT2D eigenvalue weighted by Gasteiger charge is 2.09. The molecule has 1 atom stereocenters. The molecule has 0 radical (unpaired) electrons. The Morgan fingerprint density at radius 2 is 1.77 bits per heavy atom. The van der Waals surface area contributed by atoms with Crippen LogP contribution in [0, 0.1) is 6.92 Å². The number of amides is 1. The maximum atomic E-state index is 11.9. The van der Waals surface area contributed by atoms with Gasteiger partial charge >= 0.3 is 0 Å². The number of nitrogens with one attached hydrogen (secondary N) is 1. The van der Waals surface area contributed by atoms with Crippen LogP contribution in [0.4, 0.5) is 0 Å². The molecule has 0 bridgehead atoms. The van der Waals surface area contributed by atoms with Crippen LogP contribution >= 0.6 is 0 Å². The minimum absolute atomic E-state index is 0.0561. The van der Waals surface area contributed by atoms with Crippen molar-refractivity contribution in [3.05, 3.63) is 65.7 Å². The van der Waals surface area contributed by atoms with E-state index in [2.05, 4.69) is 17.4 Å². The van der Waals surface area contributed by atoms with Crippen molar-refractivity contribution < 1.29 is 9.53 Å². The van der Waals surface area contributed by atoms with Gasteiger partial charge in [-0.25, -0.2) is 0 Å². The number of hydrogen-bond donors (Lipinski definition) is 1. The van der Waals surface area contributed by atoms with Crippen LogP contribution in [0.5, 0.6) is 5.75 Å². The zero-order valence-electron chi connectivity index (χ0n) is 13.2. The van der Waals surface area contributed by atoms with Crippen molar-refractivity contribution >= 4 is 5.91 Å². The second-order valence-electron chi connectivity index (χ2n) is 5.55. The van der Waals surface area contributed by atoms with Crippen molar-refractivity contribution in [2.45, 2.75) is 32.7 Å². The van der Waals surface area contributed by atoms with Gasteiger partial charge in [0, 0.05) is 6.04 Å². The Morgan fingerprint density at radius 3 is 2.50 bits per heavy atom. The molecule has 0 aliphatic rings. The number of hydrogen-bond acceptors (Lipinski definition) is 2. The van der Waals surface area contributed by atoms with Gasteiger partial charge in [-0.2, -0.15) is 0 Å². The first kappa shape index (κ1) is 16.1. The summed E-state index contributed by atoms with van der Waals surface area (Å²) in [6, 6.07) is 18.1. The van der Waals surface area contributed by atoms with Crippen molar-refractivity contribution in [1.82, 2.24) is 5.32 Å². The van der Waals surface area contributed by atoms with E-state index in [0.717, 1.165) is 24.2 Å². The highest BCUT2D eigenvalue weighted by Crippen LogP contribution is 2.15. The molecule has 0 saturated carbocycles. The van der Waals surface area contributed by atoms with Gasteiger partial charge in [-0.3, -0.25) is 4.79 Å². The van der Waals surface area contributed by atoms with E-state index in [1.54, 1.807) is 0 Å². The van der Waals surface area contributed by atoms with Crippen LogP contribution in [-0.4, -0.2) is 18.6 Å². The highest BCUT2D eigenvalue weighted by atomic mass is 16.5. The number of aryl methyl sites for hydroxylation is 2. The molecule has 0 heterocycles. The summed E-state index contributed by atoms with van der Waals surface area (Å²) in [7, 11) is 0. The summed E-state index contributed by atoms with van der Waals surface area (Å²) < 4.78 is 5.55. The molecule has 0 aliphatic carbocycles. The zero-order chi connectivity index (χ0) is 15.8. The van der Waals surface area contributed by atoms with E-state index < -0.39 is 0 Å². The van der Waals surface area contributed by atoms with Gasteiger partial charge < -0.3 is 10.1 Å². The Labute approximate surface area is 132 Å². The fraction of sp³-hybridized carbons (Fsp3) is 0.316. The van der Waals surface area contributed by atoms with Crippen molar-refractivity contribution in [1.29, 1.82) is 0 Å². The molecule has 0 spiro atoms. The Bertz CT molecular complexity index is 595. The summed E-state index contributed by atoms with van der Waals surface area (Å²) in [6.07, 6.45) is 1.88. The maximum Gasteiger partial charge on any atom is 0.258 e. The molecule has 2 rings (SSSR count). The predicted molar refractivity (Wildman–Crippen MR) is 89.0 cm³/mol. The van der Waals surface area contributed by atoms with Gasteiger partial charge in [0.25, 0.3) is 5.91 Å². The Hall–Kier alpha value is -2.29. The lowest BCUT2D eigenvalue weighted by Gasteiger charge is -2.15. The molecule has 2 aromatic carbocycles. The van der Waals surface area contributed by atoms with Crippen molar-refractivity contribution in [2.24, 2.45) is 0 Å². The number of carbonyl (C=O) groups is 1. The fourth-order valence-corrected chi connectivity index (χ4v) is 2.28. The second-order valence-corrected chi connectivity index (χ2v) is 5.55. The van der Waals surface area contributed by atoms with Crippen LogP contribution in [0.2, 0.25) is 0 Å². The van der Waals surface area contributed by atoms with Crippen LogP contribution in [0.1, 0.15) is 24.5 Å². The quantitative estimate of drug-likeness (QED) is 0.849. The summed E-state index contributed by atoms with van der Waals surface area (Å²) in [4.78, 5) is 11.9. The number of carbonyl (C=O) groups excluding carboxylic acids is 1. The van der Waals surface area contributed by atoms with Crippen LogP contribution in [-0.2, 0) is 11.2 Å². The molecule has 3 nitrogen and oxygen atoms in total. The van der Waals surface area contributed by atoms with Gasteiger partial charge in [-0.1, -0.05) is 48.5 Å². The molecular weight excluding hydrogens is 274 g/mol. The average molecular weight is 297 g/mol. The standard InChI is InChI=1S/C19H23NO2/c1-15-8-6-7-11-18(15)22-14-19(21)20-16(2)12-13-17-9-4-3-5-10-17/h3-11,16H,12-14H2,1-2H3,(H,20,21)/t16-/m0/s1. The molecule has 0 fully saturated rings. The first-order valence-corrected chi connectivity index (χ1v) is 7.67. The van der Waals surface area contributed by atoms with E-state index in [4.69, 9.17) is 4.74 Å². The van der Waals surface area contributed by atoms with E-state index in [1.807, 2.05) is 56.3 Å². The third kappa shape index (κ3) is 5.24. The second kappa shape index (κ2) is 8.23. The molecule has 1 amide bonds. The van der Waals surface area contributed by atoms with E-state index >= 15 is 0 Å². The summed E-state index contributed by atoms with van der Waals surface area (Å²) in [5.41, 5.74) is 2.33. The predicted octanol–water partition coefficient (Wildman–Crippen LogP) is 3.51. The van der Waals surface area contributed by atoms with Gasteiger partial charge in [0.1, 0.15) is 5.75 Å². The SMILES string of the molecule is Cc1ccccc1OCC(=O)N[C@@H](C)CCc1ccccc1. The van der Waals surface area contributed by atoms with Crippen molar-refractivity contribution in [3.63, 3.8) is 0 Å². The van der Waals surface area contributed by atoms with Crippen LogP contribution in [0.15, 0.2) is 54.6 Å². The molecule has 116 valence electrons. The first-order chi connectivity index (χ1) is 10.6. The van der Waals surface area contributed by atoms with Crippen molar-refractivity contribution in [3.8, 4) is 5.75 Å². The minimum Gasteiger partial charge on any atom is -0.484 e. The van der Waals surface area contributed by atoms with Gasteiger partial charge in [0.05, 0.1) is 0 Å². The summed E-state index contributed by atoms with van der Waals surface area (Å²) in [5.74, 6) is 0.679. The molecule has 0 saturated heterocycles. The van der Waals surface area contributed by atoms with Gasteiger partial charge in [0.2, 0.25) is 0 Å². The van der Waals surface area contributed by atoms with Crippen LogP contribution < -0.4 is 10.1 Å². The third-order valence-electron chi connectivity index (χ3n) is 3.57. The number of rotatable bonds is 7. The fourth-order valence-electron chi connectivity index (χ4n) is 2.28. The van der Waals surface area contributed by atoms with Gasteiger partial charge in [-0.15, -0.1) is 0 Å². The summed E-state index contributed by atoms with van der Waals surface area (Å²) >= 11 is 0. The lowest BCUT2D eigenvalue weighted by molar-refractivity contribution is -0.123. The normalized spacial score (nSPS) is 11.7. The van der Waals surface area contributed by atoms with Crippen LogP contribution in [0.25, 0.3) is 0 Å². The largest absolute Gasteiger partial charge is 0.484 e. The van der Waals surface area contributed by atoms with Gasteiger partial charge in [-0.05, 0) is 43.9 Å². The molecule has 22 heavy (non-hydrogen) atoms. The molecule has 2 aromatic rings.